The minimum atomic E-state index is 0.427. The van der Waals surface area contributed by atoms with E-state index < -0.39 is 0 Å². The molecule has 1 aliphatic carbocycles. The molecule has 0 radical (unpaired) electrons. The molecule has 1 aliphatic rings. The van der Waals surface area contributed by atoms with Gasteiger partial charge in [-0.05, 0) is 36.3 Å². The normalized spacial score (nSPS) is 31.7. The van der Waals surface area contributed by atoms with Crippen LogP contribution in [0.2, 0.25) is 0 Å². The van der Waals surface area contributed by atoms with E-state index in [9.17, 15) is 0 Å². The van der Waals surface area contributed by atoms with Crippen LogP contribution in [0.25, 0.3) is 0 Å². The molecule has 13 heavy (non-hydrogen) atoms. The van der Waals surface area contributed by atoms with Crippen LogP contribution in [0.15, 0.2) is 30.3 Å². The fraction of sp³-hybridized carbons (Fsp3) is 0.500. The summed E-state index contributed by atoms with van der Waals surface area (Å²) >= 11 is 0. The zero-order chi connectivity index (χ0) is 9.31. The van der Waals surface area contributed by atoms with Crippen LogP contribution in [0.5, 0.6) is 0 Å². The molecule has 2 atom stereocenters. The van der Waals surface area contributed by atoms with Gasteiger partial charge in [-0.2, -0.15) is 0 Å². The van der Waals surface area contributed by atoms with Gasteiger partial charge >= 0.3 is 0 Å². The standard InChI is InChI=1S/C12H17N/c1-2-12(8-11(12)9-13)10-6-4-3-5-7-10/h3-7,11H,2,8-9,13H2,1H3/t11-,12?/m0/s1. The molecule has 0 saturated heterocycles. The molecule has 1 fully saturated rings. The van der Waals surface area contributed by atoms with Gasteiger partial charge in [0, 0.05) is 0 Å². The van der Waals surface area contributed by atoms with Gasteiger partial charge in [-0.15, -0.1) is 0 Å². The molecule has 0 spiro atoms. The van der Waals surface area contributed by atoms with Crippen molar-refractivity contribution < 1.29 is 0 Å². The first kappa shape index (κ1) is 8.76. The fourth-order valence-electron chi connectivity index (χ4n) is 2.45. The molecule has 0 bridgehead atoms. The minimum absolute atomic E-state index is 0.427. The third kappa shape index (κ3) is 1.28. The van der Waals surface area contributed by atoms with Gasteiger partial charge in [0.25, 0.3) is 0 Å². The van der Waals surface area contributed by atoms with Crippen LogP contribution >= 0.6 is 0 Å². The lowest BCUT2D eigenvalue weighted by atomic mass is 9.90. The van der Waals surface area contributed by atoms with Crippen molar-refractivity contribution in [3.05, 3.63) is 35.9 Å². The average molecular weight is 175 g/mol. The van der Waals surface area contributed by atoms with Crippen molar-refractivity contribution in [1.29, 1.82) is 0 Å². The summed E-state index contributed by atoms with van der Waals surface area (Å²) in [4.78, 5) is 0. The second-order valence-electron chi connectivity index (χ2n) is 4.01. The van der Waals surface area contributed by atoms with E-state index in [1.807, 2.05) is 0 Å². The maximum Gasteiger partial charge on any atom is -0.000562 e. The topological polar surface area (TPSA) is 26.0 Å². The second-order valence-corrected chi connectivity index (χ2v) is 4.01. The van der Waals surface area contributed by atoms with E-state index >= 15 is 0 Å². The van der Waals surface area contributed by atoms with Crippen LogP contribution in [0, 0.1) is 5.92 Å². The predicted molar refractivity (Wildman–Crippen MR) is 55.6 cm³/mol. The number of hydrogen-bond donors (Lipinski definition) is 1. The molecular weight excluding hydrogens is 158 g/mol. The quantitative estimate of drug-likeness (QED) is 0.749. The second kappa shape index (κ2) is 3.15. The Bertz CT molecular complexity index is 280. The third-order valence-electron chi connectivity index (χ3n) is 3.50. The van der Waals surface area contributed by atoms with Crippen molar-refractivity contribution >= 4 is 0 Å². The van der Waals surface area contributed by atoms with E-state index in [0.29, 0.717) is 5.41 Å². The first-order valence-corrected chi connectivity index (χ1v) is 5.09. The van der Waals surface area contributed by atoms with Crippen LogP contribution in [0.1, 0.15) is 25.3 Å². The zero-order valence-corrected chi connectivity index (χ0v) is 8.16. The van der Waals surface area contributed by atoms with E-state index in [0.717, 1.165) is 12.5 Å². The van der Waals surface area contributed by atoms with E-state index in [-0.39, 0.29) is 0 Å². The SMILES string of the molecule is CCC1(c2ccccc2)C[C@H]1CN. The van der Waals surface area contributed by atoms with E-state index in [4.69, 9.17) is 5.73 Å². The van der Waals surface area contributed by atoms with Crippen LogP contribution in [-0.4, -0.2) is 6.54 Å². The maximum atomic E-state index is 5.72. The van der Waals surface area contributed by atoms with Crippen molar-refractivity contribution in [2.24, 2.45) is 11.7 Å². The molecule has 0 amide bonds. The van der Waals surface area contributed by atoms with Crippen molar-refractivity contribution in [3.63, 3.8) is 0 Å². The van der Waals surface area contributed by atoms with Crippen molar-refractivity contribution in [2.45, 2.75) is 25.2 Å². The van der Waals surface area contributed by atoms with Crippen LogP contribution in [0.3, 0.4) is 0 Å². The smallest absolute Gasteiger partial charge is 0.000562 e. The van der Waals surface area contributed by atoms with Crippen molar-refractivity contribution in [3.8, 4) is 0 Å². The Morgan fingerprint density at radius 2 is 2.08 bits per heavy atom. The fourth-order valence-corrected chi connectivity index (χ4v) is 2.45. The summed E-state index contributed by atoms with van der Waals surface area (Å²) in [6.45, 7) is 3.10. The van der Waals surface area contributed by atoms with Crippen molar-refractivity contribution in [2.75, 3.05) is 6.54 Å². The van der Waals surface area contributed by atoms with E-state index in [2.05, 4.69) is 37.3 Å². The molecule has 0 heterocycles. The summed E-state index contributed by atoms with van der Waals surface area (Å²) < 4.78 is 0. The molecule has 1 aromatic carbocycles. The molecule has 0 aliphatic heterocycles. The zero-order valence-electron chi connectivity index (χ0n) is 8.16. The molecule has 1 nitrogen and oxygen atoms in total. The highest BCUT2D eigenvalue weighted by Gasteiger charge is 2.52. The van der Waals surface area contributed by atoms with Gasteiger partial charge in [0.05, 0.1) is 0 Å². The van der Waals surface area contributed by atoms with Crippen LogP contribution < -0.4 is 5.73 Å². The highest BCUT2D eigenvalue weighted by Crippen LogP contribution is 2.55. The largest absolute Gasteiger partial charge is 0.330 e. The molecule has 1 saturated carbocycles. The van der Waals surface area contributed by atoms with Crippen LogP contribution in [0.4, 0.5) is 0 Å². The Balaban J connectivity index is 2.25. The van der Waals surface area contributed by atoms with Gasteiger partial charge in [-0.25, -0.2) is 0 Å². The highest BCUT2D eigenvalue weighted by molar-refractivity contribution is 5.33. The first-order chi connectivity index (χ1) is 6.33. The van der Waals surface area contributed by atoms with Gasteiger partial charge in [-0.1, -0.05) is 37.3 Å². The van der Waals surface area contributed by atoms with Gasteiger partial charge in [0.15, 0.2) is 0 Å². The lowest BCUT2D eigenvalue weighted by Gasteiger charge is -2.14. The Labute approximate surface area is 80.0 Å². The minimum Gasteiger partial charge on any atom is -0.330 e. The maximum absolute atomic E-state index is 5.72. The Morgan fingerprint density at radius 3 is 2.54 bits per heavy atom. The van der Waals surface area contributed by atoms with Crippen LogP contribution in [-0.2, 0) is 5.41 Å². The Morgan fingerprint density at radius 1 is 1.38 bits per heavy atom. The number of hydrogen-bond acceptors (Lipinski definition) is 1. The summed E-state index contributed by atoms with van der Waals surface area (Å²) in [5, 5.41) is 0. The molecule has 0 aromatic heterocycles. The number of rotatable bonds is 3. The Hall–Kier alpha value is -0.820. The van der Waals surface area contributed by atoms with E-state index in [1.54, 1.807) is 0 Å². The predicted octanol–water partition coefficient (Wildman–Crippen LogP) is 2.31. The molecule has 2 N–H and O–H groups in total. The molecule has 70 valence electrons. The summed E-state index contributed by atoms with van der Waals surface area (Å²) in [5.74, 6) is 0.722. The van der Waals surface area contributed by atoms with Gasteiger partial charge < -0.3 is 5.73 Å². The van der Waals surface area contributed by atoms with E-state index in [1.165, 1.54) is 18.4 Å². The van der Waals surface area contributed by atoms with Gasteiger partial charge in [-0.3, -0.25) is 0 Å². The third-order valence-corrected chi connectivity index (χ3v) is 3.50. The summed E-state index contributed by atoms with van der Waals surface area (Å²) in [7, 11) is 0. The van der Waals surface area contributed by atoms with Gasteiger partial charge in [0.2, 0.25) is 0 Å². The average Bonchev–Trinajstić information content (AvgIpc) is 2.94. The Kier molecular flexibility index (Phi) is 2.12. The summed E-state index contributed by atoms with van der Waals surface area (Å²) in [5.41, 5.74) is 7.63. The summed E-state index contributed by atoms with van der Waals surface area (Å²) in [6.07, 6.45) is 2.50. The highest BCUT2D eigenvalue weighted by atomic mass is 14.7. The molecular formula is C12H17N. The van der Waals surface area contributed by atoms with Crippen molar-refractivity contribution in [1.82, 2.24) is 0 Å². The summed E-state index contributed by atoms with van der Waals surface area (Å²) in [6, 6.07) is 10.8. The number of nitrogens with two attached hydrogens (primary N) is 1. The molecule has 2 rings (SSSR count). The van der Waals surface area contributed by atoms with Gasteiger partial charge in [0.1, 0.15) is 0 Å². The molecule has 1 heteroatoms. The lowest BCUT2D eigenvalue weighted by molar-refractivity contribution is 0.587. The molecule has 1 aromatic rings. The molecule has 1 unspecified atom stereocenters. The monoisotopic (exact) mass is 175 g/mol. The number of benzene rings is 1. The first-order valence-electron chi connectivity index (χ1n) is 5.09. The lowest BCUT2D eigenvalue weighted by Crippen LogP contribution is -2.14.